The minimum absolute atomic E-state index is 0.171. The van der Waals surface area contributed by atoms with Crippen molar-refractivity contribution in [3.63, 3.8) is 0 Å². The standard InChI is InChI=1S/C13H24N2O5/c1-5-10(4)15(8-11(16)17)13(19)14(6-2)9-12(18)20-7-3/h10H,5-9H2,1-4H3,(H,16,17). The number of hydrogen-bond acceptors (Lipinski definition) is 4. The molecule has 2 amide bonds. The molecule has 0 saturated carbocycles. The summed E-state index contributed by atoms with van der Waals surface area (Å²) in [5.74, 6) is -1.58. The van der Waals surface area contributed by atoms with Crippen LogP contribution in [0.25, 0.3) is 0 Å². The number of ether oxygens (including phenoxy) is 1. The van der Waals surface area contributed by atoms with E-state index in [0.717, 1.165) is 0 Å². The third kappa shape index (κ3) is 5.90. The van der Waals surface area contributed by atoms with Crippen LogP contribution in [-0.4, -0.2) is 65.2 Å². The first-order chi connectivity index (χ1) is 9.37. The average Bonchev–Trinajstić information content (AvgIpc) is 2.40. The summed E-state index contributed by atoms with van der Waals surface area (Å²) in [5, 5.41) is 8.89. The van der Waals surface area contributed by atoms with E-state index >= 15 is 0 Å². The molecule has 0 spiro atoms. The van der Waals surface area contributed by atoms with E-state index in [4.69, 9.17) is 9.84 Å². The Balaban J connectivity index is 4.89. The topological polar surface area (TPSA) is 87.2 Å². The molecule has 0 bridgehead atoms. The van der Waals surface area contributed by atoms with Gasteiger partial charge < -0.3 is 19.6 Å². The van der Waals surface area contributed by atoms with Crippen LogP contribution in [0.15, 0.2) is 0 Å². The number of carbonyl (C=O) groups is 3. The molecule has 1 atom stereocenters. The third-order valence-corrected chi connectivity index (χ3v) is 2.95. The van der Waals surface area contributed by atoms with Crippen molar-refractivity contribution < 1.29 is 24.2 Å². The Morgan fingerprint density at radius 3 is 2.15 bits per heavy atom. The van der Waals surface area contributed by atoms with Crippen LogP contribution in [0.3, 0.4) is 0 Å². The molecule has 0 aromatic rings. The highest BCUT2D eigenvalue weighted by molar-refractivity contribution is 5.84. The van der Waals surface area contributed by atoms with E-state index in [0.29, 0.717) is 13.0 Å². The number of likely N-dealkylation sites (N-methyl/N-ethyl adjacent to an activating group) is 1. The molecule has 1 unspecified atom stereocenters. The Hall–Kier alpha value is -1.79. The van der Waals surface area contributed by atoms with Gasteiger partial charge in [-0.05, 0) is 27.2 Å². The number of rotatable bonds is 8. The van der Waals surface area contributed by atoms with Gasteiger partial charge in [0.1, 0.15) is 13.1 Å². The van der Waals surface area contributed by atoms with Gasteiger partial charge in [-0.3, -0.25) is 9.59 Å². The molecular formula is C13H24N2O5. The Bertz CT molecular complexity index is 346. The Kier molecular flexibility index (Phi) is 8.35. The normalized spacial score (nSPS) is 11.6. The van der Waals surface area contributed by atoms with Crippen molar-refractivity contribution in [2.24, 2.45) is 0 Å². The number of amides is 2. The van der Waals surface area contributed by atoms with Gasteiger partial charge in [0, 0.05) is 12.6 Å². The van der Waals surface area contributed by atoms with Crippen LogP contribution in [0.4, 0.5) is 4.79 Å². The van der Waals surface area contributed by atoms with Crippen LogP contribution in [0, 0.1) is 0 Å². The van der Waals surface area contributed by atoms with E-state index in [1.54, 1.807) is 20.8 Å². The van der Waals surface area contributed by atoms with Crippen molar-refractivity contribution >= 4 is 18.0 Å². The van der Waals surface area contributed by atoms with Gasteiger partial charge in [0.2, 0.25) is 0 Å². The van der Waals surface area contributed by atoms with Crippen molar-refractivity contribution in [2.75, 3.05) is 26.2 Å². The second-order valence-corrected chi connectivity index (χ2v) is 4.38. The molecule has 0 rings (SSSR count). The lowest BCUT2D eigenvalue weighted by atomic mass is 10.2. The van der Waals surface area contributed by atoms with Crippen LogP contribution in [0.5, 0.6) is 0 Å². The number of hydrogen-bond donors (Lipinski definition) is 1. The van der Waals surface area contributed by atoms with Crippen LogP contribution in [0.1, 0.15) is 34.1 Å². The molecule has 0 heterocycles. The maximum absolute atomic E-state index is 12.3. The summed E-state index contributed by atoms with van der Waals surface area (Å²) < 4.78 is 4.80. The smallest absolute Gasteiger partial charge is 0.325 e. The van der Waals surface area contributed by atoms with Crippen molar-refractivity contribution in [1.82, 2.24) is 9.80 Å². The monoisotopic (exact) mass is 288 g/mol. The zero-order valence-electron chi connectivity index (χ0n) is 12.6. The summed E-state index contributed by atoms with van der Waals surface area (Å²) in [5.41, 5.74) is 0. The Labute approximate surface area is 119 Å². The minimum Gasteiger partial charge on any atom is -0.480 e. The van der Waals surface area contributed by atoms with Crippen molar-refractivity contribution in [2.45, 2.75) is 40.2 Å². The molecule has 7 heteroatoms. The van der Waals surface area contributed by atoms with Gasteiger partial charge in [-0.25, -0.2) is 4.79 Å². The van der Waals surface area contributed by atoms with E-state index < -0.39 is 18.0 Å². The van der Waals surface area contributed by atoms with E-state index in [9.17, 15) is 14.4 Å². The van der Waals surface area contributed by atoms with E-state index in [1.807, 2.05) is 6.92 Å². The Morgan fingerprint density at radius 1 is 1.15 bits per heavy atom. The van der Waals surface area contributed by atoms with Gasteiger partial charge in [-0.1, -0.05) is 6.92 Å². The molecule has 0 aromatic carbocycles. The molecule has 0 aliphatic rings. The van der Waals surface area contributed by atoms with Crippen LogP contribution < -0.4 is 0 Å². The summed E-state index contributed by atoms with van der Waals surface area (Å²) in [6.45, 7) is 7.06. The largest absolute Gasteiger partial charge is 0.480 e. The van der Waals surface area contributed by atoms with Gasteiger partial charge in [0.05, 0.1) is 6.61 Å². The van der Waals surface area contributed by atoms with Gasteiger partial charge in [-0.2, -0.15) is 0 Å². The highest BCUT2D eigenvalue weighted by atomic mass is 16.5. The molecule has 20 heavy (non-hydrogen) atoms. The van der Waals surface area contributed by atoms with Gasteiger partial charge in [0.25, 0.3) is 0 Å². The highest BCUT2D eigenvalue weighted by Gasteiger charge is 2.27. The first-order valence-corrected chi connectivity index (χ1v) is 6.80. The molecule has 7 nitrogen and oxygen atoms in total. The maximum Gasteiger partial charge on any atom is 0.325 e. The number of nitrogens with zero attached hydrogens (tertiary/aromatic N) is 2. The second-order valence-electron chi connectivity index (χ2n) is 4.38. The van der Waals surface area contributed by atoms with Gasteiger partial charge >= 0.3 is 18.0 Å². The second kappa shape index (κ2) is 9.17. The van der Waals surface area contributed by atoms with E-state index in [1.165, 1.54) is 9.80 Å². The zero-order chi connectivity index (χ0) is 15.7. The minimum atomic E-state index is -1.08. The lowest BCUT2D eigenvalue weighted by molar-refractivity contribution is -0.143. The fraction of sp³-hybridized carbons (Fsp3) is 0.769. The van der Waals surface area contributed by atoms with Crippen molar-refractivity contribution in [3.8, 4) is 0 Å². The van der Waals surface area contributed by atoms with E-state index in [-0.39, 0.29) is 25.7 Å². The van der Waals surface area contributed by atoms with E-state index in [2.05, 4.69) is 0 Å². The SMILES string of the molecule is CCOC(=O)CN(CC)C(=O)N(CC(=O)O)C(C)CC. The number of aliphatic carboxylic acids is 1. The number of carbonyl (C=O) groups excluding carboxylic acids is 2. The number of esters is 1. The lowest BCUT2D eigenvalue weighted by Gasteiger charge is -2.32. The summed E-state index contributed by atoms with van der Waals surface area (Å²) in [6, 6.07) is -0.674. The summed E-state index contributed by atoms with van der Waals surface area (Å²) >= 11 is 0. The third-order valence-electron chi connectivity index (χ3n) is 2.95. The predicted molar refractivity (Wildman–Crippen MR) is 73.4 cm³/mol. The van der Waals surface area contributed by atoms with Gasteiger partial charge in [-0.15, -0.1) is 0 Å². The first-order valence-electron chi connectivity index (χ1n) is 6.80. The fourth-order valence-corrected chi connectivity index (χ4v) is 1.64. The zero-order valence-corrected chi connectivity index (χ0v) is 12.6. The fourth-order valence-electron chi connectivity index (χ4n) is 1.64. The van der Waals surface area contributed by atoms with Crippen molar-refractivity contribution in [1.29, 1.82) is 0 Å². The first kappa shape index (κ1) is 18.2. The lowest BCUT2D eigenvalue weighted by Crippen LogP contribution is -2.50. The highest BCUT2D eigenvalue weighted by Crippen LogP contribution is 2.08. The summed E-state index contributed by atoms with van der Waals surface area (Å²) in [4.78, 5) is 37.2. The molecule has 1 N–H and O–H groups in total. The maximum atomic E-state index is 12.3. The van der Waals surface area contributed by atoms with Crippen LogP contribution in [-0.2, 0) is 14.3 Å². The summed E-state index contributed by atoms with van der Waals surface area (Å²) in [7, 11) is 0. The molecule has 0 aliphatic heterocycles. The Morgan fingerprint density at radius 2 is 1.75 bits per heavy atom. The molecular weight excluding hydrogens is 264 g/mol. The molecule has 0 aromatic heterocycles. The molecule has 0 aliphatic carbocycles. The van der Waals surface area contributed by atoms with Crippen LogP contribution >= 0.6 is 0 Å². The molecule has 0 fully saturated rings. The molecule has 0 saturated heterocycles. The predicted octanol–water partition coefficient (Wildman–Crippen LogP) is 1.18. The molecule has 116 valence electrons. The number of carboxylic acid groups (broad SMARTS) is 1. The average molecular weight is 288 g/mol. The van der Waals surface area contributed by atoms with Crippen molar-refractivity contribution in [3.05, 3.63) is 0 Å². The molecule has 0 radical (unpaired) electrons. The van der Waals surface area contributed by atoms with Crippen LogP contribution in [0.2, 0.25) is 0 Å². The van der Waals surface area contributed by atoms with Gasteiger partial charge in [0.15, 0.2) is 0 Å². The number of carboxylic acids is 1. The number of urea groups is 1. The quantitative estimate of drug-likeness (QED) is 0.678. The summed E-state index contributed by atoms with van der Waals surface area (Å²) in [6.07, 6.45) is 0.635.